The molecule has 3 N–H and O–H groups in total. The molecular formula is C21H28ClN5O4. The van der Waals surface area contributed by atoms with Crippen molar-refractivity contribution in [3.63, 3.8) is 0 Å². The molecule has 2 heterocycles. The van der Waals surface area contributed by atoms with Crippen LogP contribution in [0.2, 0.25) is 5.02 Å². The Morgan fingerprint density at radius 1 is 1.32 bits per heavy atom. The van der Waals surface area contributed by atoms with Crippen molar-refractivity contribution < 1.29 is 19.4 Å². The van der Waals surface area contributed by atoms with E-state index < -0.39 is 11.5 Å². The van der Waals surface area contributed by atoms with Crippen molar-refractivity contribution in [2.75, 3.05) is 26.2 Å². The van der Waals surface area contributed by atoms with Crippen molar-refractivity contribution in [1.82, 2.24) is 19.6 Å². The number of aromatic nitrogens is 2. The Labute approximate surface area is 186 Å². The van der Waals surface area contributed by atoms with E-state index in [1.165, 1.54) is 12.3 Å². The van der Waals surface area contributed by atoms with Crippen molar-refractivity contribution in [2.45, 2.75) is 39.0 Å². The first-order chi connectivity index (χ1) is 14.5. The number of nitrogens with two attached hydrogens (primary N) is 1. The molecule has 0 saturated carbocycles. The van der Waals surface area contributed by atoms with Crippen LogP contribution < -0.4 is 10.5 Å². The van der Waals surface area contributed by atoms with Crippen molar-refractivity contribution >= 4 is 23.5 Å². The molecule has 1 saturated heterocycles. The molecule has 0 bridgehead atoms. The fourth-order valence-corrected chi connectivity index (χ4v) is 3.68. The molecule has 0 aliphatic carbocycles. The highest BCUT2D eigenvalue weighted by Gasteiger charge is 2.29. The van der Waals surface area contributed by atoms with E-state index in [1.807, 2.05) is 19.1 Å². The van der Waals surface area contributed by atoms with E-state index in [0.29, 0.717) is 37.0 Å². The lowest BCUT2D eigenvalue weighted by Gasteiger charge is -2.39. The molecule has 2 amide bonds. The molecule has 10 heteroatoms. The molecule has 1 atom stereocenters. The smallest absolute Gasteiger partial charge is 0.344 e. The van der Waals surface area contributed by atoms with Gasteiger partial charge in [-0.05, 0) is 38.5 Å². The second-order valence-electron chi connectivity index (χ2n) is 8.40. The Kier molecular flexibility index (Phi) is 6.88. The van der Waals surface area contributed by atoms with Crippen molar-refractivity contribution in [2.24, 2.45) is 5.73 Å². The van der Waals surface area contributed by atoms with Crippen LogP contribution in [0.25, 0.3) is 0 Å². The molecule has 3 rings (SSSR count). The lowest BCUT2D eigenvalue weighted by atomic mass is 10.1. The predicted molar refractivity (Wildman–Crippen MR) is 116 cm³/mol. The van der Waals surface area contributed by atoms with Crippen LogP contribution in [0, 0.1) is 0 Å². The van der Waals surface area contributed by atoms with Gasteiger partial charge in [-0.1, -0.05) is 23.7 Å². The minimum absolute atomic E-state index is 0.0565. The summed E-state index contributed by atoms with van der Waals surface area (Å²) in [4.78, 5) is 27.9. The first kappa shape index (κ1) is 23.1. The first-order valence-electron chi connectivity index (χ1n) is 10.1. The van der Waals surface area contributed by atoms with E-state index in [4.69, 9.17) is 22.1 Å². The number of aliphatic hydroxyl groups is 1. The molecule has 2 aromatic rings. The zero-order chi connectivity index (χ0) is 22.8. The number of hydrogen-bond donors (Lipinski definition) is 2. The van der Waals surface area contributed by atoms with E-state index in [0.717, 1.165) is 10.2 Å². The molecule has 0 radical (unpaired) electrons. The molecule has 0 unspecified atom stereocenters. The summed E-state index contributed by atoms with van der Waals surface area (Å²) in [5.74, 6) is -0.137. The van der Waals surface area contributed by atoms with Crippen molar-refractivity contribution in [3.8, 4) is 5.75 Å². The maximum Gasteiger partial charge on any atom is 0.344 e. The van der Waals surface area contributed by atoms with Gasteiger partial charge in [0.1, 0.15) is 12.4 Å². The minimum atomic E-state index is -0.954. The highest BCUT2D eigenvalue weighted by molar-refractivity contribution is 6.32. The fraction of sp³-hybridized carbons (Fsp3) is 0.476. The number of piperazine rings is 1. The number of rotatable bonds is 6. The van der Waals surface area contributed by atoms with E-state index >= 15 is 0 Å². The van der Waals surface area contributed by atoms with Crippen LogP contribution in [0.3, 0.4) is 0 Å². The standard InChI is InChI=1S/C21H28ClN5O4/c1-14-11-25(9-10-26(14)20(29)27-8-7-16(24-27)19(23)28)12-15-5-4-6-17(18(15)22)31-13-21(2,3)30/h4-8,14,30H,9-13H2,1-3H3,(H2,23,28)/t14-/m0/s1. The van der Waals surface area contributed by atoms with Gasteiger partial charge in [0.05, 0.1) is 10.6 Å². The summed E-state index contributed by atoms with van der Waals surface area (Å²) in [6.07, 6.45) is 1.44. The summed E-state index contributed by atoms with van der Waals surface area (Å²) >= 11 is 6.53. The second kappa shape index (κ2) is 9.25. The zero-order valence-electron chi connectivity index (χ0n) is 17.9. The third-order valence-corrected chi connectivity index (χ3v) is 5.44. The van der Waals surface area contributed by atoms with Crippen LogP contribution in [-0.4, -0.2) is 74.5 Å². The number of carbonyl (C=O) groups is 2. The first-order valence-corrected chi connectivity index (χ1v) is 10.4. The van der Waals surface area contributed by atoms with Gasteiger partial charge in [-0.2, -0.15) is 9.78 Å². The lowest BCUT2D eigenvalue weighted by molar-refractivity contribution is 0.0284. The number of hydrogen-bond acceptors (Lipinski definition) is 6. The Bertz CT molecular complexity index is 955. The number of benzene rings is 1. The van der Waals surface area contributed by atoms with E-state index in [2.05, 4.69) is 10.00 Å². The third kappa shape index (κ3) is 5.75. The molecule has 1 aliphatic rings. The summed E-state index contributed by atoms with van der Waals surface area (Å²) in [7, 11) is 0. The number of carbonyl (C=O) groups excluding carboxylic acids is 2. The van der Waals surface area contributed by atoms with E-state index in [1.54, 1.807) is 24.8 Å². The number of halogens is 1. The third-order valence-electron chi connectivity index (χ3n) is 5.01. The summed E-state index contributed by atoms with van der Waals surface area (Å²) in [5, 5.41) is 14.3. The highest BCUT2D eigenvalue weighted by Crippen LogP contribution is 2.30. The van der Waals surface area contributed by atoms with Crippen molar-refractivity contribution in [3.05, 3.63) is 46.7 Å². The summed E-state index contributed by atoms with van der Waals surface area (Å²) < 4.78 is 6.82. The van der Waals surface area contributed by atoms with Crippen LogP contribution >= 0.6 is 11.6 Å². The largest absolute Gasteiger partial charge is 0.489 e. The van der Waals surface area contributed by atoms with Gasteiger partial charge in [0, 0.05) is 38.4 Å². The Morgan fingerprint density at radius 2 is 2.06 bits per heavy atom. The van der Waals surface area contributed by atoms with Gasteiger partial charge in [-0.25, -0.2) is 4.79 Å². The summed E-state index contributed by atoms with van der Waals surface area (Å²) in [6.45, 7) is 7.88. The van der Waals surface area contributed by atoms with E-state index in [9.17, 15) is 14.7 Å². The average Bonchev–Trinajstić information content (AvgIpc) is 3.18. The normalized spacial score (nSPS) is 17.6. The molecule has 1 aromatic carbocycles. The molecular weight excluding hydrogens is 422 g/mol. The molecule has 1 aliphatic heterocycles. The Hall–Kier alpha value is -2.62. The van der Waals surface area contributed by atoms with Gasteiger partial charge in [-0.15, -0.1) is 0 Å². The lowest BCUT2D eigenvalue weighted by Crippen LogP contribution is -2.54. The van der Waals surface area contributed by atoms with Gasteiger partial charge in [0.25, 0.3) is 5.91 Å². The molecule has 1 fully saturated rings. The van der Waals surface area contributed by atoms with Crippen LogP contribution in [-0.2, 0) is 6.54 Å². The number of nitrogens with zero attached hydrogens (tertiary/aromatic N) is 4. The summed E-state index contributed by atoms with van der Waals surface area (Å²) in [6, 6.07) is 6.67. The molecule has 31 heavy (non-hydrogen) atoms. The van der Waals surface area contributed by atoms with Crippen LogP contribution in [0.15, 0.2) is 30.5 Å². The Balaban J connectivity index is 1.62. The molecule has 168 valence electrons. The van der Waals surface area contributed by atoms with Gasteiger partial charge < -0.3 is 20.5 Å². The van der Waals surface area contributed by atoms with Crippen LogP contribution in [0.5, 0.6) is 5.75 Å². The second-order valence-corrected chi connectivity index (χ2v) is 8.78. The van der Waals surface area contributed by atoms with Gasteiger partial charge in [-0.3, -0.25) is 9.69 Å². The number of primary amides is 1. The SMILES string of the molecule is C[C@H]1CN(Cc2cccc(OCC(C)(C)O)c2Cl)CCN1C(=O)n1ccc(C(N)=O)n1. The van der Waals surface area contributed by atoms with Crippen molar-refractivity contribution in [1.29, 1.82) is 0 Å². The van der Waals surface area contributed by atoms with Crippen LogP contribution in [0.1, 0.15) is 36.8 Å². The molecule has 9 nitrogen and oxygen atoms in total. The Morgan fingerprint density at radius 3 is 2.68 bits per heavy atom. The molecule has 1 aromatic heterocycles. The zero-order valence-corrected chi connectivity index (χ0v) is 18.7. The fourth-order valence-electron chi connectivity index (χ4n) is 3.44. The number of amides is 2. The number of ether oxygens (including phenoxy) is 1. The topological polar surface area (TPSA) is 114 Å². The quantitative estimate of drug-likeness (QED) is 0.696. The average molecular weight is 450 g/mol. The van der Waals surface area contributed by atoms with Gasteiger partial charge in [0.15, 0.2) is 5.69 Å². The summed E-state index contributed by atoms with van der Waals surface area (Å²) in [5.41, 5.74) is 5.23. The van der Waals surface area contributed by atoms with E-state index in [-0.39, 0.29) is 24.4 Å². The highest BCUT2D eigenvalue weighted by atomic mass is 35.5. The minimum Gasteiger partial charge on any atom is -0.489 e. The maximum atomic E-state index is 12.8. The molecule has 0 spiro atoms. The van der Waals surface area contributed by atoms with Gasteiger partial charge >= 0.3 is 6.03 Å². The maximum absolute atomic E-state index is 12.8. The van der Waals surface area contributed by atoms with Gasteiger partial charge in [0.2, 0.25) is 0 Å². The monoisotopic (exact) mass is 449 g/mol. The van der Waals surface area contributed by atoms with Crippen LogP contribution in [0.4, 0.5) is 4.79 Å². The predicted octanol–water partition coefficient (Wildman–Crippen LogP) is 1.96.